The van der Waals surface area contributed by atoms with E-state index in [9.17, 15) is 0 Å². The number of hydrogen-bond donors (Lipinski definition) is 0. The molecule has 6 nitrogen and oxygen atoms in total. The molecule has 0 saturated heterocycles. The van der Waals surface area contributed by atoms with Gasteiger partial charge in [-0.1, -0.05) is 107 Å². The van der Waals surface area contributed by atoms with Crippen molar-refractivity contribution in [2.75, 3.05) is 9.80 Å². The molecule has 6 heteroatoms. The van der Waals surface area contributed by atoms with Gasteiger partial charge in [0.1, 0.15) is 0 Å². The molecule has 4 aliphatic heterocycles. The molecule has 8 aromatic rings. The van der Waals surface area contributed by atoms with Crippen molar-refractivity contribution in [2.24, 2.45) is 0 Å². The highest BCUT2D eigenvalue weighted by Crippen LogP contribution is 2.61. The zero-order valence-electron chi connectivity index (χ0n) is 36.5. The number of benzene rings is 5. The molecule has 0 N–H and O–H groups in total. The molecule has 12 rings (SSSR count). The number of pyridine rings is 2. The van der Waals surface area contributed by atoms with Crippen LogP contribution in [0.3, 0.4) is 0 Å². The SMILES string of the molecule is CC1(C)c2cc(-c3cc(-c4ccc5c(c4)C(C)(C)c4cccc6c4N5c4cccnc4C6(C)C)nc(-c4ccccc4)n3)ccc2N2c3cccnc3C(C)(C)c3cccc1c32. The third-order valence-electron chi connectivity index (χ3n) is 14.6. The quantitative estimate of drug-likeness (QED) is 0.177. The Morgan fingerprint density at radius 2 is 0.790 bits per heavy atom. The molecule has 0 amide bonds. The summed E-state index contributed by atoms with van der Waals surface area (Å²) in [6.45, 7) is 18.7. The van der Waals surface area contributed by atoms with Crippen LogP contribution in [-0.4, -0.2) is 19.9 Å². The van der Waals surface area contributed by atoms with E-state index in [0.29, 0.717) is 5.82 Å². The predicted molar refractivity (Wildman–Crippen MR) is 252 cm³/mol. The van der Waals surface area contributed by atoms with Crippen molar-refractivity contribution in [2.45, 2.75) is 77.0 Å². The Bertz CT molecular complexity index is 3020. The first kappa shape index (κ1) is 36.9. The van der Waals surface area contributed by atoms with Crippen LogP contribution in [0.5, 0.6) is 0 Å². The van der Waals surface area contributed by atoms with Crippen molar-refractivity contribution < 1.29 is 0 Å². The molecule has 3 aromatic heterocycles. The summed E-state index contributed by atoms with van der Waals surface area (Å²) in [6.07, 6.45) is 3.85. The van der Waals surface area contributed by atoms with Gasteiger partial charge in [0.25, 0.3) is 0 Å². The summed E-state index contributed by atoms with van der Waals surface area (Å²) in [4.78, 5) is 25.6. The fraction of sp³-hybridized carbons (Fsp3) is 0.214. The van der Waals surface area contributed by atoms with E-state index in [0.717, 1.165) is 50.8 Å². The number of hydrogen-bond acceptors (Lipinski definition) is 6. The fourth-order valence-corrected chi connectivity index (χ4v) is 11.2. The van der Waals surface area contributed by atoms with Crippen LogP contribution in [0.1, 0.15) is 100 Å². The van der Waals surface area contributed by atoms with Gasteiger partial charge in [-0.2, -0.15) is 0 Å². The van der Waals surface area contributed by atoms with Gasteiger partial charge in [0, 0.05) is 50.7 Å². The van der Waals surface area contributed by atoms with Gasteiger partial charge < -0.3 is 9.80 Å². The number of aromatic nitrogens is 4. The fourth-order valence-electron chi connectivity index (χ4n) is 11.2. The van der Waals surface area contributed by atoms with Gasteiger partial charge in [0.15, 0.2) is 5.82 Å². The molecule has 0 aliphatic carbocycles. The van der Waals surface area contributed by atoms with E-state index in [4.69, 9.17) is 19.9 Å². The number of rotatable bonds is 3. The lowest BCUT2D eigenvalue weighted by Gasteiger charge is -2.49. The predicted octanol–water partition coefficient (Wildman–Crippen LogP) is 13.8. The second kappa shape index (κ2) is 12.3. The van der Waals surface area contributed by atoms with E-state index < -0.39 is 0 Å². The van der Waals surface area contributed by atoms with Crippen LogP contribution in [0.2, 0.25) is 0 Å². The largest absolute Gasteiger partial charge is 0.308 e. The number of nitrogens with zero attached hydrogens (tertiary/aromatic N) is 6. The number of fused-ring (bicyclic) bond motifs is 8. The Labute approximate surface area is 364 Å². The molecule has 7 heterocycles. The summed E-state index contributed by atoms with van der Waals surface area (Å²) < 4.78 is 0. The van der Waals surface area contributed by atoms with Gasteiger partial charge in [-0.25, -0.2) is 9.97 Å². The molecular formula is C56H48N6. The molecule has 302 valence electrons. The van der Waals surface area contributed by atoms with E-state index in [1.807, 2.05) is 18.5 Å². The van der Waals surface area contributed by atoms with E-state index in [-0.39, 0.29) is 21.7 Å². The van der Waals surface area contributed by atoms with Crippen molar-refractivity contribution in [1.29, 1.82) is 0 Å². The van der Waals surface area contributed by atoms with Gasteiger partial charge in [0.05, 0.1) is 56.9 Å². The maximum absolute atomic E-state index is 5.34. The highest BCUT2D eigenvalue weighted by Gasteiger charge is 2.48. The summed E-state index contributed by atoms with van der Waals surface area (Å²) in [6, 6.07) is 48.6. The first-order valence-corrected chi connectivity index (χ1v) is 21.8. The monoisotopic (exact) mass is 804 g/mol. The molecule has 5 aromatic carbocycles. The minimum absolute atomic E-state index is 0.234. The number of para-hydroxylation sites is 2. The highest BCUT2D eigenvalue weighted by atomic mass is 15.2. The molecule has 4 aliphatic rings. The minimum atomic E-state index is -0.279. The average molecular weight is 805 g/mol. The highest BCUT2D eigenvalue weighted by molar-refractivity contribution is 5.95. The molecule has 0 spiro atoms. The third-order valence-corrected chi connectivity index (χ3v) is 14.6. The first-order chi connectivity index (χ1) is 29.8. The maximum Gasteiger partial charge on any atom is 0.160 e. The van der Waals surface area contributed by atoms with E-state index >= 15 is 0 Å². The lowest BCUT2D eigenvalue weighted by Crippen LogP contribution is -2.38. The average Bonchev–Trinajstić information content (AvgIpc) is 3.28. The molecule has 0 atom stereocenters. The van der Waals surface area contributed by atoms with Crippen LogP contribution in [0, 0.1) is 0 Å². The lowest BCUT2D eigenvalue weighted by molar-refractivity contribution is 0.584. The molecule has 0 saturated carbocycles. The van der Waals surface area contributed by atoms with E-state index in [2.05, 4.69) is 193 Å². The van der Waals surface area contributed by atoms with Crippen LogP contribution in [0.4, 0.5) is 34.1 Å². The molecule has 0 fully saturated rings. The Morgan fingerprint density at radius 3 is 1.24 bits per heavy atom. The van der Waals surface area contributed by atoms with Gasteiger partial charge in [-0.15, -0.1) is 0 Å². The standard InChI is InChI=1S/C56H48N6/c1-53(2)36-18-12-20-38-48(36)61(46-22-14-28-57-50(46)55(38,5)6)44-26-24-34(30-40(44)53)42-32-43(60-52(59-42)33-16-10-9-11-17-33)35-25-27-45-41(31-35)54(3,4)37-19-13-21-39-49(37)62(45)47-23-15-29-58-51(47)56(39,7)8/h9-32H,1-8H3. The summed E-state index contributed by atoms with van der Waals surface area (Å²) in [5.74, 6) is 0.702. The zero-order valence-corrected chi connectivity index (χ0v) is 36.5. The van der Waals surface area contributed by atoms with Crippen LogP contribution >= 0.6 is 0 Å². The van der Waals surface area contributed by atoms with Crippen LogP contribution in [0.25, 0.3) is 33.9 Å². The Kier molecular flexibility index (Phi) is 7.35. The summed E-state index contributed by atoms with van der Waals surface area (Å²) in [5.41, 5.74) is 21.0. The first-order valence-electron chi connectivity index (χ1n) is 21.8. The molecule has 62 heavy (non-hydrogen) atoms. The Morgan fingerprint density at radius 1 is 0.355 bits per heavy atom. The molecule has 0 unspecified atom stereocenters. The van der Waals surface area contributed by atoms with Crippen molar-refractivity contribution in [3.63, 3.8) is 0 Å². The van der Waals surface area contributed by atoms with E-state index in [1.165, 1.54) is 56.1 Å². The van der Waals surface area contributed by atoms with Gasteiger partial charge in [0.2, 0.25) is 0 Å². The maximum atomic E-state index is 5.34. The molecule has 0 radical (unpaired) electrons. The Balaban J connectivity index is 1.04. The smallest absolute Gasteiger partial charge is 0.160 e. The summed E-state index contributed by atoms with van der Waals surface area (Å²) in [5, 5.41) is 0. The van der Waals surface area contributed by atoms with Crippen molar-refractivity contribution in [3.05, 3.63) is 191 Å². The van der Waals surface area contributed by atoms with Gasteiger partial charge >= 0.3 is 0 Å². The Hall–Kier alpha value is -6.92. The van der Waals surface area contributed by atoms with Crippen LogP contribution in [0.15, 0.2) is 146 Å². The van der Waals surface area contributed by atoms with Crippen LogP contribution in [-0.2, 0) is 21.7 Å². The normalized spacial score (nSPS) is 17.2. The second-order valence-corrected chi connectivity index (χ2v) is 19.6. The zero-order chi connectivity index (χ0) is 42.5. The summed E-state index contributed by atoms with van der Waals surface area (Å²) in [7, 11) is 0. The van der Waals surface area contributed by atoms with Crippen LogP contribution < -0.4 is 9.80 Å². The van der Waals surface area contributed by atoms with Gasteiger partial charge in [-0.05, 0) is 116 Å². The summed E-state index contributed by atoms with van der Waals surface area (Å²) >= 11 is 0. The van der Waals surface area contributed by atoms with E-state index in [1.54, 1.807) is 0 Å². The van der Waals surface area contributed by atoms with Gasteiger partial charge in [-0.3, -0.25) is 9.97 Å². The second-order valence-electron chi connectivity index (χ2n) is 19.6. The molecular weight excluding hydrogens is 757 g/mol. The third kappa shape index (κ3) is 4.81. The van der Waals surface area contributed by atoms with Crippen molar-refractivity contribution >= 4 is 34.1 Å². The number of anilines is 6. The minimum Gasteiger partial charge on any atom is -0.308 e. The van der Waals surface area contributed by atoms with Crippen molar-refractivity contribution in [1.82, 2.24) is 19.9 Å². The molecule has 0 bridgehead atoms. The van der Waals surface area contributed by atoms with Crippen molar-refractivity contribution in [3.8, 4) is 33.9 Å². The lowest BCUT2D eigenvalue weighted by atomic mass is 9.67. The topological polar surface area (TPSA) is 58.0 Å².